The summed E-state index contributed by atoms with van der Waals surface area (Å²) in [6.45, 7) is 2.27. The Hall–Kier alpha value is -1.88. The van der Waals surface area contributed by atoms with Crippen LogP contribution in [0.3, 0.4) is 0 Å². The highest BCUT2D eigenvalue weighted by Crippen LogP contribution is 2.44. The van der Waals surface area contributed by atoms with E-state index in [4.69, 9.17) is 0 Å². The number of hydrogen-bond donors (Lipinski definition) is 2. The van der Waals surface area contributed by atoms with E-state index in [0.717, 1.165) is 12.8 Å². The van der Waals surface area contributed by atoms with Crippen LogP contribution in [-0.4, -0.2) is 40.5 Å². The van der Waals surface area contributed by atoms with Gasteiger partial charge in [-0.3, -0.25) is 9.59 Å². The van der Waals surface area contributed by atoms with Gasteiger partial charge in [-0.25, -0.2) is 0 Å². The van der Waals surface area contributed by atoms with Gasteiger partial charge in [-0.05, 0) is 37.0 Å². The van der Waals surface area contributed by atoms with Crippen molar-refractivity contribution in [2.75, 3.05) is 18.4 Å². The lowest BCUT2D eigenvalue weighted by Gasteiger charge is -2.47. The van der Waals surface area contributed by atoms with Crippen LogP contribution in [0.15, 0.2) is 24.3 Å². The summed E-state index contributed by atoms with van der Waals surface area (Å²) in [6, 6.07) is 6.88. The smallest absolute Gasteiger partial charge is 0.254 e. The summed E-state index contributed by atoms with van der Waals surface area (Å²) in [7, 11) is 0. The number of hydrogen-bond acceptors (Lipinski definition) is 3. The molecule has 0 bridgehead atoms. The van der Waals surface area contributed by atoms with E-state index < -0.39 is 5.60 Å². The maximum absolute atomic E-state index is 12.3. The molecule has 1 heterocycles. The maximum atomic E-state index is 12.3. The number of carbonyl (C=O) groups excluding carboxylic acids is 2. The number of aliphatic hydroxyl groups is 1. The monoisotopic (exact) mass is 274 g/mol. The summed E-state index contributed by atoms with van der Waals surface area (Å²) in [5.41, 5.74) is 0.487. The lowest BCUT2D eigenvalue weighted by atomic mass is 9.88. The molecule has 0 spiro atoms. The van der Waals surface area contributed by atoms with Crippen LogP contribution in [0, 0.1) is 5.92 Å². The van der Waals surface area contributed by atoms with Crippen molar-refractivity contribution in [2.45, 2.75) is 25.4 Å². The second-order valence-corrected chi connectivity index (χ2v) is 5.80. The topological polar surface area (TPSA) is 69.6 Å². The molecule has 1 aromatic carbocycles. The number of β-amino-alcohol motifs (C(OH)–C–C–N with tert-alkyl or cyclic N) is 1. The third-order valence-corrected chi connectivity index (χ3v) is 3.98. The van der Waals surface area contributed by atoms with E-state index in [9.17, 15) is 14.7 Å². The average molecular weight is 274 g/mol. The fourth-order valence-electron chi connectivity index (χ4n) is 2.75. The SMILES string of the molecule is CC(=O)Nc1cccc(C(=O)N2CC(O)(C3CC3)C2)c1. The molecule has 1 saturated carbocycles. The van der Waals surface area contributed by atoms with Gasteiger partial charge < -0.3 is 15.3 Å². The van der Waals surface area contributed by atoms with E-state index in [-0.39, 0.29) is 11.8 Å². The molecular formula is C15H18N2O3. The van der Waals surface area contributed by atoms with E-state index in [1.165, 1.54) is 6.92 Å². The molecule has 0 aromatic heterocycles. The summed E-state index contributed by atoms with van der Waals surface area (Å²) < 4.78 is 0. The van der Waals surface area contributed by atoms with Crippen LogP contribution in [-0.2, 0) is 4.79 Å². The van der Waals surface area contributed by atoms with Crippen LogP contribution in [0.1, 0.15) is 30.1 Å². The first-order chi connectivity index (χ1) is 9.48. The molecule has 1 saturated heterocycles. The molecule has 2 fully saturated rings. The van der Waals surface area contributed by atoms with Crippen molar-refractivity contribution in [1.29, 1.82) is 0 Å². The Labute approximate surface area is 117 Å². The number of anilines is 1. The molecule has 1 aromatic rings. The largest absolute Gasteiger partial charge is 0.386 e. The highest BCUT2D eigenvalue weighted by atomic mass is 16.3. The Morgan fingerprint density at radius 1 is 1.35 bits per heavy atom. The summed E-state index contributed by atoms with van der Waals surface area (Å²) in [6.07, 6.45) is 2.13. The Balaban J connectivity index is 1.67. The molecule has 0 atom stereocenters. The first-order valence-corrected chi connectivity index (χ1v) is 6.87. The molecule has 1 aliphatic carbocycles. The molecule has 20 heavy (non-hydrogen) atoms. The highest BCUT2D eigenvalue weighted by molar-refractivity contribution is 5.97. The van der Waals surface area contributed by atoms with Crippen molar-refractivity contribution in [3.05, 3.63) is 29.8 Å². The first kappa shape index (κ1) is 13.1. The molecule has 2 aliphatic rings. The van der Waals surface area contributed by atoms with Gasteiger partial charge in [-0.15, -0.1) is 0 Å². The second-order valence-electron chi connectivity index (χ2n) is 5.80. The molecule has 0 radical (unpaired) electrons. The molecule has 0 unspecified atom stereocenters. The van der Waals surface area contributed by atoms with Crippen LogP contribution in [0.5, 0.6) is 0 Å². The van der Waals surface area contributed by atoms with E-state index in [1.807, 2.05) is 0 Å². The Morgan fingerprint density at radius 3 is 2.65 bits per heavy atom. The average Bonchev–Trinajstić information content (AvgIpc) is 3.18. The van der Waals surface area contributed by atoms with Crippen LogP contribution in [0.2, 0.25) is 0 Å². The highest BCUT2D eigenvalue weighted by Gasteiger charge is 2.53. The molecule has 2 amide bonds. The van der Waals surface area contributed by atoms with Gasteiger partial charge in [0.25, 0.3) is 5.91 Å². The number of nitrogens with one attached hydrogen (secondary N) is 1. The van der Waals surface area contributed by atoms with Crippen LogP contribution < -0.4 is 5.32 Å². The normalized spacial score (nSPS) is 20.2. The molecule has 106 valence electrons. The van der Waals surface area contributed by atoms with Gasteiger partial charge in [0.2, 0.25) is 5.91 Å². The standard InChI is InChI=1S/C15H18N2O3/c1-10(18)16-13-4-2-3-11(7-13)14(19)17-8-15(20,9-17)12-5-6-12/h2-4,7,12,20H,5-6,8-9H2,1H3,(H,16,18). The molecule has 5 heteroatoms. The number of rotatable bonds is 3. The zero-order valence-electron chi connectivity index (χ0n) is 11.4. The van der Waals surface area contributed by atoms with E-state index in [2.05, 4.69) is 5.32 Å². The molecule has 1 aliphatic heterocycles. The number of likely N-dealkylation sites (tertiary alicyclic amines) is 1. The quantitative estimate of drug-likeness (QED) is 0.871. The Morgan fingerprint density at radius 2 is 2.05 bits per heavy atom. The van der Waals surface area contributed by atoms with Gasteiger partial charge in [0, 0.05) is 18.2 Å². The molecule has 5 nitrogen and oxygen atoms in total. The fourth-order valence-corrected chi connectivity index (χ4v) is 2.75. The summed E-state index contributed by atoms with van der Waals surface area (Å²) in [5, 5.41) is 12.9. The lowest BCUT2D eigenvalue weighted by molar-refractivity contribution is -0.114. The predicted octanol–water partition coefficient (Wildman–Crippen LogP) is 1.24. The van der Waals surface area contributed by atoms with Gasteiger partial charge >= 0.3 is 0 Å². The van der Waals surface area contributed by atoms with Crippen LogP contribution in [0.4, 0.5) is 5.69 Å². The zero-order valence-corrected chi connectivity index (χ0v) is 11.4. The minimum Gasteiger partial charge on any atom is -0.386 e. The summed E-state index contributed by atoms with van der Waals surface area (Å²) in [4.78, 5) is 25.0. The fraction of sp³-hybridized carbons (Fsp3) is 0.467. The molecular weight excluding hydrogens is 256 g/mol. The van der Waals surface area contributed by atoms with Gasteiger partial charge in [-0.2, -0.15) is 0 Å². The van der Waals surface area contributed by atoms with Gasteiger partial charge in [0.1, 0.15) is 5.60 Å². The van der Waals surface area contributed by atoms with Gasteiger partial charge in [0.05, 0.1) is 13.1 Å². The predicted molar refractivity (Wildman–Crippen MR) is 74.3 cm³/mol. The van der Waals surface area contributed by atoms with Crippen molar-refractivity contribution < 1.29 is 14.7 Å². The van der Waals surface area contributed by atoms with E-state index >= 15 is 0 Å². The number of nitrogens with zero attached hydrogens (tertiary/aromatic N) is 1. The van der Waals surface area contributed by atoms with E-state index in [1.54, 1.807) is 29.2 Å². The molecule has 3 rings (SSSR count). The minimum atomic E-state index is -0.662. The van der Waals surface area contributed by atoms with E-state index in [0.29, 0.717) is 30.3 Å². The zero-order chi connectivity index (χ0) is 14.3. The maximum Gasteiger partial charge on any atom is 0.254 e. The second kappa shape index (κ2) is 4.59. The summed E-state index contributed by atoms with van der Waals surface area (Å²) in [5.74, 6) is 0.112. The third kappa shape index (κ3) is 2.41. The summed E-state index contributed by atoms with van der Waals surface area (Å²) >= 11 is 0. The van der Waals surface area contributed by atoms with Crippen molar-refractivity contribution >= 4 is 17.5 Å². The van der Waals surface area contributed by atoms with Crippen molar-refractivity contribution in [1.82, 2.24) is 4.90 Å². The Bertz CT molecular complexity index is 560. The third-order valence-electron chi connectivity index (χ3n) is 3.98. The number of carbonyl (C=O) groups is 2. The van der Waals surface area contributed by atoms with Crippen molar-refractivity contribution in [2.24, 2.45) is 5.92 Å². The Kier molecular flexibility index (Phi) is 3.01. The van der Waals surface area contributed by atoms with Crippen molar-refractivity contribution in [3.8, 4) is 0 Å². The van der Waals surface area contributed by atoms with Crippen LogP contribution in [0.25, 0.3) is 0 Å². The number of benzene rings is 1. The minimum absolute atomic E-state index is 0.0949. The number of amides is 2. The lowest BCUT2D eigenvalue weighted by Crippen LogP contribution is -2.64. The first-order valence-electron chi connectivity index (χ1n) is 6.87. The molecule has 2 N–H and O–H groups in total. The van der Waals surface area contributed by atoms with Gasteiger partial charge in [0.15, 0.2) is 0 Å². The van der Waals surface area contributed by atoms with Crippen molar-refractivity contribution in [3.63, 3.8) is 0 Å². The van der Waals surface area contributed by atoms with Gasteiger partial charge in [-0.1, -0.05) is 6.07 Å². The van der Waals surface area contributed by atoms with Crippen LogP contribution >= 0.6 is 0 Å².